The number of piperidine rings is 1. The van der Waals surface area contributed by atoms with Crippen LogP contribution in [0.1, 0.15) is 26.7 Å². The van der Waals surface area contributed by atoms with E-state index in [0.717, 1.165) is 38.5 Å². The van der Waals surface area contributed by atoms with Crippen molar-refractivity contribution in [1.29, 1.82) is 0 Å². The summed E-state index contributed by atoms with van der Waals surface area (Å²) in [4.78, 5) is 14.0. The van der Waals surface area contributed by atoms with Crippen molar-refractivity contribution < 1.29 is 4.79 Å². The lowest BCUT2D eigenvalue weighted by Gasteiger charge is -2.37. The maximum Gasteiger partial charge on any atom is 0.222 e. The van der Waals surface area contributed by atoms with Crippen LogP contribution in [0.25, 0.3) is 0 Å². The standard InChI is InChI=1S/C12H22N2O/c1-9-3-4-14(8-10(9)2)12(15)5-11-6-13-7-11/h9-11,13H,3-8H2,1-2H3. The summed E-state index contributed by atoms with van der Waals surface area (Å²) < 4.78 is 0. The molecule has 0 spiro atoms. The van der Waals surface area contributed by atoms with E-state index in [0.29, 0.717) is 17.7 Å². The van der Waals surface area contributed by atoms with Crippen LogP contribution < -0.4 is 5.32 Å². The van der Waals surface area contributed by atoms with Gasteiger partial charge in [0.15, 0.2) is 0 Å². The highest BCUT2D eigenvalue weighted by molar-refractivity contribution is 5.76. The van der Waals surface area contributed by atoms with Crippen LogP contribution in [0, 0.1) is 17.8 Å². The van der Waals surface area contributed by atoms with Crippen molar-refractivity contribution in [3.05, 3.63) is 0 Å². The van der Waals surface area contributed by atoms with Crippen molar-refractivity contribution in [2.24, 2.45) is 17.8 Å². The second kappa shape index (κ2) is 4.52. The Labute approximate surface area is 92.2 Å². The molecule has 2 saturated heterocycles. The highest BCUT2D eigenvalue weighted by atomic mass is 16.2. The first-order valence-corrected chi connectivity index (χ1v) is 6.15. The van der Waals surface area contributed by atoms with E-state index in [2.05, 4.69) is 24.1 Å². The maximum atomic E-state index is 12.0. The van der Waals surface area contributed by atoms with Crippen molar-refractivity contribution in [3.63, 3.8) is 0 Å². The Balaban J connectivity index is 1.79. The molecule has 2 heterocycles. The first-order valence-electron chi connectivity index (χ1n) is 6.15. The molecule has 86 valence electrons. The Morgan fingerprint density at radius 3 is 2.60 bits per heavy atom. The van der Waals surface area contributed by atoms with Gasteiger partial charge in [-0.1, -0.05) is 13.8 Å². The summed E-state index contributed by atoms with van der Waals surface area (Å²) in [6.45, 7) is 8.57. The van der Waals surface area contributed by atoms with E-state index in [-0.39, 0.29) is 0 Å². The molecule has 3 nitrogen and oxygen atoms in total. The Kier molecular flexibility index (Phi) is 3.29. The molecule has 0 aliphatic carbocycles. The van der Waals surface area contributed by atoms with E-state index in [1.54, 1.807) is 0 Å². The van der Waals surface area contributed by atoms with Gasteiger partial charge in [0.25, 0.3) is 0 Å². The second-order valence-electron chi connectivity index (χ2n) is 5.31. The van der Waals surface area contributed by atoms with Crippen LogP contribution in [0.2, 0.25) is 0 Å². The smallest absolute Gasteiger partial charge is 0.222 e. The summed E-state index contributed by atoms with van der Waals surface area (Å²) in [6.07, 6.45) is 1.93. The van der Waals surface area contributed by atoms with E-state index in [1.165, 1.54) is 6.42 Å². The number of rotatable bonds is 2. The molecule has 1 amide bonds. The van der Waals surface area contributed by atoms with Crippen LogP contribution in [0.3, 0.4) is 0 Å². The number of carbonyl (C=O) groups is 1. The van der Waals surface area contributed by atoms with E-state index >= 15 is 0 Å². The van der Waals surface area contributed by atoms with E-state index in [4.69, 9.17) is 0 Å². The molecule has 0 bridgehead atoms. The topological polar surface area (TPSA) is 32.3 Å². The van der Waals surface area contributed by atoms with Gasteiger partial charge in [-0.15, -0.1) is 0 Å². The van der Waals surface area contributed by atoms with Gasteiger partial charge < -0.3 is 10.2 Å². The number of amides is 1. The van der Waals surface area contributed by atoms with Gasteiger partial charge in [-0.3, -0.25) is 4.79 Å². The molecule has 0 aromatic carbocycles. The van der Waals surface area contributed by atoms with Gasteiger partial charge in [-0.2, -0.15) is 0 Å². The molecular formula is C12H22N2O. The first kappa shape index (κ1) is 10.9. The summed E-state index contributed by atoms with van der Waals surface area (Å²) in [5.41, 5.74) is 0. The number of likely N-dealkylation sites (tertiary alicyclic amines) is 1. The van der Waals surface area contributed by atoms with Crippen molar-refractivity contribution in [2.45, 2.75) is 26.7 Å². The lowest BCUT2D eigenvalue weighted by molar-refractivity contribution is -0.135. The molecule has 0 saturated carbocycles. The minimum absolute atomic E-state index is 0.375. The van der Waals surface area contributed by atoms with E-state index in [1.807, 2.05) is 0 Å². The van der Waals surface area contributed by atoms with E-state index in [9.17, 15) is 4.79 Å². The number of hydrogen-bond acceptors (Lipinski definition) is 2. The zero-order valence-corrected chi connectivity index (χ0v) is 9.83. The van der Waals surface area contributed by atoms with Gasteiger partial charge in [-0.05, 0) is 37.3 Å². The van der Waals surface area contributed by atoms with Gasteiger partial charge in [0, 0.05) is 19.5 Å². The Bertz CT molecular complexity index is 238. The zero-order chi connectivity index (χ0) is 10.8. The van der Waals surface area contributed by atoms with Gasteiger partial charge in [0.1, 0.15) is 0 Å². The molecule has 2 rings (SSSR count). The minimum Gasteiger partial charge on any atom is -0.342 e. The number of nitrogens with one attached hydrogen (secondary N) is 1. The maximum absolute atomic E-state index is 12.0. The molecule has 0 aromatic rings. The molecule has 2 aliphatic rings. The fourth-order valence-electron chi connectivity index (χ4n) is 2.36. The molecule has 15 heavy (non-hydrogen) atoms. The molecule has 3 heteroatoms. The van der Waals surface area contributed by atoms with E-state index < -0.39 is 0 Å². The van der Waals surface area contributed by atoms with Crippen molar-refractivity contribution in [2.75, 3.05) is 26.2 Å². The van der Waals surface area contributed by atoms with Crippen LogP contribution in [0.15, 0.2) is 0 Å². The molecule has 2 fully saturated rings. The summed E-state index contributed by atoms with van der Waals surface area (Å²) in [6, 6.07) is 0. The lowest BCUT2D eigenvalue weighted by Crippen LogP contribution is -2.47. The second-order valence-corrected chi connectivity index (χ2v) is 5.31. The predicted octanol–water partition coefficient (Wildman–Crippen LogP) is 1.10. The van der Waals surface area contributed by atoms with Gasteiger partial charge in [-0.25, -0.2) is 0 Å². The summed E-state index contributed by atoms with van der Waals surface area (Å²) in [5.74, 6) is 2.43. The normalized spacial score (nSPS) is 32.5. The molecule has 2 aliphatic heterocycles. The van der Waals surface area contributed by atoms with Crippen molar-refractivity contribution in [3.8, 4) is 0 Å². The fraction of sp³-hybridized carbons (Fsp3) is 0.917. The van der Waals surface area contributed by atoms with Crippen LogP contribution >= 0.6 is 0 Å². The van der Waals surface area contributed by atoms with Crippen LogP contribution in [0.4, 0.5) is 0 Å². The molecular weight excluding hydrogens is 188 g/mol. The largest absolute Gasteiger partial charge is 0.342 e. The quantitative estimate of drug-likeness (QED) is 0.740. The third-order valence-electron chi connectivity index (χ3n) is 4.02. The van der Waals surface area contributed by atoms with Crippen LogP contribution in [-0.2, 0) is 4.79 Å². The molecule has 1 N–H and O–H groups in total. The number of carbonyl (C=O) groups excluding carboxylic acids is 1. The van der Waals surface area contributed by atoms with Crippen molar-refractivity contribution in [1.82, 2.24) is 10.2 Å². The monoisotopic (exact) mass is 210 g/mol. The molecule has 2 atom stereocenters. The zero-order valence-electron chi connectivity index (χ0n) is 9.83. The predicted molar refractivity (Wildman–Crippen MR) is 60.5 cm³/mol. The van der Waals surface area contributed by atoms with Crippen molar-refractivity contribution >= 4 is 5.91 Å². The number of nitrogens with zero attached hydrogens (tertiary/aromatic N) is 1. The Morgan fingerprint density at radius 1 is 1.33 bits per heavy atom. The average Bonchev–Trinajstić information content (AvgIpc) is 2.15. The minimum atomic E-state index is 0.375. The van der Waals surface area contributed by atoms with Gasteiger partial charge in [0.2, 0.25) is 5.91 Å². The first-order chi connectivity index (χ1) is 7.16. The van der Waals surface area contributed by atoms with Gasteiger partial charge in [0.05, 0.1) is 0 Å². The highest BCUT2D eigenvalue weighted by Gasteiger charge is 2.28. The lowest BCUT2D eigenvalue weighted by atomic mass is 9.88. The van der Waals surface area contributed by atoms with Gasteiger partial charge >= 0.3 is 0 Å². The third-order valence-corrected chi connectivity index (χ3v) is 4.02. The fourth-order valence-corrected chi connectivity index (χ4v) is 2.36. The Morgan fingerprint density at radius 2 is 2.07 bits per heavy atom. The highest BCUT2D eigenvalue weighted by Crippen LogP contribution is 2.23. The molecule has 0 aromatic heterocycles. The summed E-state index contributed by atoms with van der Waals surface area (Å²) in [7, 11) is 0. The number of hydrogen-bond donors (Lipinski definition) is 1. The SMILES string of the molecule is CC1CCN(C(=O)CC2CNC2)CC1C. The summed E-state index contributed by atoms with van der Waals surface area (Å²) >= 11 is 0. The summed E-state index contributed by atoms with van der Waals surface area (Å²) in [5, 5.41) is 3.21. The molecule has 0 radical (unpaired) electrons. The average molecular weight is 210 g/mol. The van der Waals surface area contributed by atoms with Crippen LogP contribution in [0.5, 0.6) is 0 Å². The third kappa shape index (κ3) is 2.51. The Hall–Kier alpha value is -0.570. The molecule has 2 unspecified atom stereocenters. The van der Waals surface area contributed by atoms with Crippen LogP contribution in [-0.4, -0.2) is 37.0 Å².